The van der Waals surface area contributed by atoms with Crippen LogP contribution in [0.25, 0.3) is 0 Å². The van der Waals surface area contributed by atoms with E-state index in [1.165, 1.54) is 12.8 Å². The predicted octanol–water partition coefficient (Wildman–Crippen LogP) is 2.08. The number of anilines is 1. The first-order valence-electron chi connectivity index (χ1n) is 8.56. The van der Waals surface area contributed by atoms with Gasteiger partial charge in [-0.1, -0.05) is 13.0 Å². The number of likely N-dealkylation sites (tertiary alicyclic amines) is 1. The second-order valence-electron chi connectivity index (χ2n) is 6.43. The summed E-state index contributed by atoms with van der Waals surface area (Å²) in [6, 6.07) is 6.11. The lowest BCUT2D eigenvalue weighted by molar-refractivity contribution is 0.122. The average Bonchev–Trinajstić information content (AvgIpc) is 2.61. The lowest BCUT2D eigenvalue weighted by atomic mass is 10.00. The zero-order chi connectivity index (χ0) is 16.1. The summed E-state index contributed by atoms with van der Waals surface area (Å²) in [6.45, 7) is 8.19. The Morgan fingerprint density at radius 3 is 2.67 bits per heavy atom. The fourth-order valence-electron chi connectivity index (χ4n) is 3.02. The SMILES string of the molecule is CC1CCN(C(N)=NCc2cccc(N3CCOCC3)n2)CC1.I. The monoisotopic (exact) mass is 445 g/mol. The van der Waals surface area contributed by atoms with E-state index >= 15 is 0 Å². The number of aromatic nitrogens is 1. The van der Waals surface area contributed by atoms with Gasteiger partial charge in [-0.3, -0.25) is 0 Å². The molecule has 2 N–H and O–H groups in total. The molecule has 0 bridgehead atoms. The van der Waals surface area contributed by atoms with E-state index in [4.69, 9.17) is 15.5 Å². The quantitative estimate of drug-likeness (QED) is 0.439. The van der Waals surface area contributed by atoms with Gasteiger partial charge in [-0.15, -0.1) is 24.0 Å². The minimum atomic E-state index is 0. The van der Waals surface area contributed by atoms with Gasteiger partial charge < -0.3 is 20.3 Å². The normalized spacial score (nSPS) is 20.0. The van der Waals surface area contributed by atoms with E-state index in [9.17, 15) is 0 Å². The molecule has 1 aromatic rings. The first-order valence-corrected chi connectivity index (χ1v) is 8.56. The van der Waals surface area contributed by atoms with E-state index in [2.05, 4.69) is 21.7 Å². The van der Waals surface area contributed by atoms with Crippen LogP contribution in [0.2, 0.25) is 0 Å². The summed E-state index contributed by atoms with van der Waals surface area (Å²) in [4.78, 5) is 13.7. The molecular weight excluding hydrogens is 417 g/mol. The molecule has 0 aliphatic carbocycles. The van der Waals surface area contributed by atoms with Crippen molar-refractivity contribution in [2.24, 2.45) is 16.6 Å². The van der Waals surface area contributed by atoms with Crippen molar-refractivity contribution in [2.45, 2.75) is 26.3 Å². The largest absolute Gasteiger partial charge is 0.378 e. The van der Waals surface area contributed by atoms with Gasteiger partial charge in [-0.05, 0) is 30.9 Å². The van der Waals surface area contributed by atoms with E-state index in [-0.39, 0.29) is 24.0 Å². The standard InChI is InChI=1S/C17H27N5O.HI/c1-14-5-7-22(8-6-14)17(18)19-13-15-3-2-4-16(20-15)21-9-11-23-12-10-21;/h2-4,14H,5-13H2,1H3,(H2,18,19);1H. The van der Waals surface area contributed by atoms with Crippen LogP contribution in [0.3, 0.4) is 0 Å². The fourth-order valence-corrected chi connectivity index (χ4v) is 3.02. The highest BCUT2D eigenvalue weighted by molar-refractivity contribution is 14.0. The highest BCUT2D eigenvalue weighted by Crippen LogP contribution is 2.16. The molecule has 6 nitrogen and oxygen atoms in total. The number of pyridine rings is 1. The van der Waals surface area contributed by atoms with Crippen molar-refractivity contribution < 1.29 is 4.74 Å². The Labute approximate surface area is 161 Å². The Morgan fingerprint density at radius 1 is 1.25 bits per heavy atom. The molecule has 24 heavy (non-hydrogen) atoms. The molecule has 0 spiro atoms. The molecule has 0 atom stereocenters. The second kappa shape index (κ2) is 9.41. The molecule has 2 fully saturated rings. The number of guanidine groups is 1. The van der Waals surface area contributed by atoms with Gasteiger partial charge in [0.15, 0.2) is 5.96 Å². The van der Waals surface area contributed by atoms with Gasteiger partial charge in [0.2, 0.25) is 0 Å². The van der Waals surface area contributed by atoms with E-state index in [1.54, 1.807) is 0 Å². The van der Waals surface area contributed by atoms with E-state index in [0.29, 0.717) is 12.5 Å². The molecule has 134 valence electrons. The van der Waals surface area contributed by atoms with Crippen LogP contribution in [0.15, 0.2) is 23.2 Å². The van der Waals surface area contributed by atoms with E-state index < -0.39 is 0 Å². The molecule has 7 heteroatoms. The first kappa shape index (κ1) is 19.2. The number of morpholine rings is 1. The third-order valence-electron chi connectivity index (χ3n) is 4.64. The van der Waals surface area contributed by atoms with Crippen molar-refractivity contribution in [3.05, 3.63) is 23.9 Å². The predicted molar refractivity (Wildman–Crippen MR) is 108 cm³/mol. The molecule has 2 aliphatic rings. The minimum Gasteiger partial charge on any atom is -0.378 e. The zero-order valence-corrected chi connectivity index (χ0v) is 16.7. The fraction of sp³-hybridized carbons (Fsp3) is 0.647. The highest BCUT2D eigenvalue weighted by Gasteiger charge is 2.17. The van der Waals surface area contributed by atoms with Gasteiger partial charge >= 0.3 is 0 Å². The van der Waals surface area contributed by atoms with Gasteiger partial charge in [0.05, 0.1) is 25.5 Å². The zero-order valence-electron chi connectivity index (χ0n) is 14.4. The molecule has 2 aliphatic heterocycles. The number of aliphatic imine (C=N–C) groups is 1. The van der Waals surface area contributed by atoms with Gasteiger partial charge in [0, 0.05) is 26.2 Å². The Hall–Kier alpha value is -1.09. The lowest BCUT2D eigenvalue weighted by Gasteiger charge is -2.31. The van der Waals surface area contributed by atoms with Crippen LogP contribution >= 0.6 is 24.0 Å². The Balaban J connectivity index is 0.00000208. The maximum absolute atomic E-state index is 6.14. The molecule has 1 aromatic heterocycles. The van der Waals surface area contributed by atoms with E-state index in [0.717, 1.165) is 56.8 Å². The van der Waals surface area contributed by atoms with Gasteiger partial charge in [0.25, 0.3) is 0 Å². The van der Waals surface area contributed by atoms with Crippen molar-refractivity contribution in [3.63, 3.8) is 0 Å². The summed E-state index contributed by atoms with van der Waals surface area (Å²) in [5.41, 5.74) is 7.10. The number of hydrogen-bond donors (Lipinski definition) is 1. The topological polar surface area (TPSA) is 67.0 Å². The van der Waals surface area contributed by atoms with Crippen LogP contribution in [0.4, 0.5) is 5.82 Å². The molecule has 0 amide bonds. The van der Waals surface area contributed by atoms with Gasteiger partial charge in [0.1, 0.15) is 5.82 Å². The van der Waals surface area contributed by atoms with Crippen LogP contribution in [-0.2, 0) is 11.3 Å². The molecule has 3 heterocycles. The van der Waals surface area contributed by atoms with Crippen LogP contribution < -0.4 is 10.6 Å². The molecule has 0 aromatic carbocycles. The number of nitrogens with zero attached hydrogens (tertiary/aromatic N) is 4. The summed E-state index contributed by atoms with van der Waals surface area (Å²) >= 11 is 0. The maximum atomic E-state index is 6.14. The number of rotatable bonds is 3. The third kappa shape index (κ3) is 5.20. The van der Waals surface area contributed by atoms with E-state index in [1.807, 2.05) is 18.2 Å². The number of nitrogens with two attached hydrogens (primary N) is 1. The Morgan fingerprint density at radius 2 is 1.96 bits per heavy atom. The molecule has 0 unspecified atom stereocenters. The summed E-state index contributed by atoms with van der Waals surface area (Å²) in [7, 11) is 0. The summed E-state index contributed by atoms with van der Waals surface area (Å²) in [5.74, 6) is 2.45. The average molecular weight is 445 g/mol. The number of ether oxygens (including phenoxy) is 1. The van der Waals surface area contributed by atoms with Crippen LogP contribution in [0, 0.1) is 5.92 Å². The van der Waals surface area contributed by atoms with Crippen molar-refractivity contribution >= 4 is 35.8 Å². The smallest absolute Gasteiger partial charge is 0.191 e. The summed E-state index contributed by atoms with van der Waals surface area (Å²) in [5, 5.41) is 0. The Kier molecular flexibility index (Phi) is 7.54. The van der Waals surface area contributed by atoms with Crippen molar-refractivity contribution in [1.82, 2.24) is 9.88 Å². The van der Waals surface area contributed by atoms with Crippen molar-refractivity contribution in [3.8, 4) is 0 Å². The van der Waals surface area contributed by atoms with Gasteiger partial charge in [-0.25, -0.2) is 9.98 Å². The molecular formula is C17H28IN5O. The number of hydrogen-bond acceptors (Lipinski definition) is 4. The molecule has 2 saturated heterocycles. The minimum absolute atomic E-state index is 0. The molecule has 0 radical (unpaired) electrons. The van der Waals surface area contributed by atoms with Crippen molar-refractivity contribution in [1.29, 1.82) is 0 Å². The Bertz CT molecular complexity index is 540. The maximum Gasteiger partial charge on any atom is 0.191 e. The van der Waals surface area contributed by atoms with Crippen LogP contribution in [0.5, 0.6) is 0 Å². The first-order chi connectivity index (χ1) is 11.2. The third-order valence-corrected chi connectivity index (χ3v) is 4.64. The number of halogens is 1. The number of piperidine rings is 1. The van der Waals surface area contributed by atoms with Gasteiger partial charge in [-0.2, -0.15) is 0 Å². The second-order valence-corrected chi connectivity index (χ2v) is 6.43. The summed E-state index contributed by atoms with van der Waals surface area (Å²) in [6.07, 6.45) is 2.39. The van der Waals surface area contributed by atoms with Crippen LogP contribution in [0.1, 0.15) is 25.5 Å². The summed E-state index contributed by atoms with van der Waals surface area (Å²) < 4.78 is 5.39. The lowest BCUT2D eigenvalue weighted by Crippen LogP contribution is -2.42. The molecule has 0 saturated carbocycles. The van der Waals surface area contributed by atoms with Crippen molar-refractivity contribution in [2.75, 3.05) is 44.3 Å². The molecule has 3 rings (SSSR count). The highest BCUT2D eigenvalue weighted by atomic mass is 127. The van der Waals surface area contributed by atoms with Crippen LogP contribution in [-0.4, -0.2) is 55.2 Å².